The van der Waals surface area contributed by atoms with Crippen LogP contribution in [0, 0.1) is 5.82 Å². The largest absolute Gasteiger partial charge is 0.482 e. The molecule has 6 heteroatoms. The van der Waals surface area contributed by atoms with Gasteiger partial charge in [0.1, 0.15) is 17.6 Å². The van der Waals surface area contributed by atoms with E-state index in [1.165, 1.54) is 6.07 Å². The molecule has 0 aliphatic heterocycles. The molecule has 4 nitrogen and oxygen atoms in total. The molecule has 2 rings (SSSR count). The molecule has 1 N–H and O–H groups in total. The second-order valence-electron chi connectivity index (χ2n) is 4.75. The third-order valence-electron chi connectivity index (χ3n) is 3.16. The van der Waals surface area contributed by atoms with Crippen LogP contribution in [0.3, 0.4) is 0 Å². The van der Waals surface area contributed by atoms with E-state index in [-0.39, 0.29) is 18.2 Å². The minimum absolute atomic E-state index is 0.172. The van der Waals surface area contributed by atoms with Crippen LogP contribution in [0.1, 0.15) is 24.7 Å². The minimum atomic E-state index is -0.369. The molecule has 0 saturated carbocycles. The molecule has 0 spiro atoms. The summed E-state index contributed by atoms with van der Waals surface area (Å²) in [5.74, 6) is 0.544. The van der Waals surface area contributed by atoms with Crippen LogP contribution >= 0.6 is 11.6 Å². The molecular weight excluding hydrogens is 293 g/mol. The Hall–Kier alpha value is -1.59. The van der Waals surface area contributed by atoms with E-state index in [0.29, 0.717) is 17.5 Å². The van der Waals surface area contributed by atoms with Gasteiger partial charge in [0.15, 0.2) is 11.6 Å². The number of benzene rings is 1. The van der Waals surface area contributed by atoms with Crippen molar-refractivity contribution in [2.24, 2.45) is 7.05 Å². The van der Waals surface area contributed by atoms with Crippen molar-refractivity contribution >= 4 is 11.6 Å². The molecule has 0 aliphatic carbocycles. The molecule has 0 aliphatic rings. The van der Waals surface area contributed by atoms with Crippen molar-refractivity contribution in [3.8, 4) is 5.75 Å². The summed E-state index contributed by atoms with van der Waals surface area (Å²) in [6.45, 7) is 3.71. The van der Waals surface area contributed by atoms with Crippen LogP contribution in [-0.4, -0.2) is 16.1 Å². The first kappa shape index (κ1) is 15.8. The van der Waals surface area contributed by atoms with E-state index in [4.69, 9.17) is 16.3 Å². The SMILES string of the molecule is CCCNCc1cccc(F)c1OCc1ncc(Cl)n1C. The molecule has 0 bridgehead atoms. The number of imidazole rings is 1. The molecule has 0 radical (unpaired) electrons. The maximum Gasteiger partial charge on any atom is 0.165 e. The summed E-state index contributed by atoms with van der Waals surface area (Å²) in [6, 6.07) is 4.93. The Bertz CT molecular complexity index is 601. The minimum Gasteiger partial charge on any atom is -0.482 e. The average Bonchev–Trinajstić information content (AvgIpc) is 2.78. The smallest absolute Gasteiger partial charge is 0.165 e. The number of aromatic nitrogens is 2. The molecular formula is C15H19ClFN3O. The number of nitrogens with one attached hydrogen (secondary N) is 1. The molecule has 21 heavy (non-hydrogen) atoms. The Kier molecular flexibility index (Phi) is 5.59. The zero-order valence-corrected chi connectivity index (χ0v) is 13.0. The molecule has 2 aromatic rings. The summed E-state index contributed by atoms with van der Waals surface area (Å²) in [4.78, 5) is 4.13. The number of hydrogen-bond donors (Lipinski definition) is 1. The number of rotatable bonds is 7. The quantitative estimate of drug-likeness (QED) is 0.798. The van der Waals surface area contributed by atoms with Crippen LogP contribution in [0.15, 0.2) is 24.4 Å². The van der Waals surface area contributed by atoms with Gasteiger partial charge in [0, 0.05) is 19.2 Å². The summed E-state index contributed by atoms with van der Waals surface area (Å²) in [5, 5.41) is 3.76. The maximum atomic E-state index is 14.0. The number of para-hydroxylation sites is 1. The maximum absolute atomic E-state index is 14.0. The van der Waals surface area contributed by atoms with Crippen LogP contribution in [0.4, 0.5) is 4.39 Å². The predicted octanol–water partition coefficient (Wildman–Crippen LogP) is 3.29. The van der Waals surface area contributed by atoms with Gasteiger partial charge < -0.3 is 14.6 Å². The van der Waals surface area contributed by atoms with Crippen LogP contribution < -0.4 is 10.1 Å². The van der Waals surface area contributed by atoms with Crippen molar-refractivity contribution in [3.63, 3.8) is 0 Å². The topological polar surface area (TPSA) is 39.1 Å². The molecule has 0 amide bonds. The van der Waals surface area contributed by atoms with Crippen LogP contribution in [0.2, 0.25) is 5.15 Å². The van der Waals surface area contributed by atoms with Crippen LogP contribution in [0.5, 0.6) is 5.75 Å². The van der Waals surface area contributed by atoms with E-state index in [0.717, 1.165) is 18.5 Å². The summed E-state index contributed by atoms with van der Waals surface area (Å²) in [5.41, 5.74) is 0.795. The van der Waals surface area contributed by atoms with Crippen molar-refractivity contribution in [2.75, 3.05) is 6.54 Å². The Morgan fingerprint density at radius 2 is 2.24 bits per heavy atom. The highest BCUT2D eigenvalue weighted by atomic mass is 35.5. The van der Waals surface area contributed by atoms with Gasteiger partial charge >= 0.3 is 0 Å². The molecule has 0 fully saturated rings. The third kappa shape index (κ3) is 3.95. The van der Waals surface area contributed by atoms with E-state index >= 15 is 0 Å². The number of ether oxygens (including phenoxy) is 1. The van der Waals surface area contributed by atoms with Crippen LogP contribution in [-0.2, 0) is 20.2 Å². The molecule has 1 aromatic carbocycles. The van der Waals surface area contributed by atoms with E-state index < -0.39 is 0 Å². The van der Waals surface area contributed by atoms with Gasteiger partial charge in [0.2, 0.25) is 0 Å². The fourth-order valence-electron chi connectivity index (χ4n) is 1.95. The molecule has 114 valence electrons. The van der Waals surface area contributed by atoms with Gasteiger partial charge in [-0.05, 0) is 19.0 Å². The van der Waals surface area contributed by atoms with Gasteiger partial charge in [0.05, 0.1) is 6.20 Å². The van der Waals surface area contributed by atoms with Gasteiger partial charge in [-0.1, -0.05) is 30.7 Å². The third-order valence-corrected chi connectivity index (χ3v) is 3.52. The zero-order valence-electron chi connectivity index (χ0n) is 12.2. The highest BCUT2D eigenvalue weighted by molar-refractivity contribution is 6.29. The first-order valence-corrected chi connectivity index (χ1v) is 7.28. The van der Waals surface area contributed by atoms with E-state index in [9.17, 15) is 4.39 Å². The first-order valence-electron chi connectivity index (χ1n) is 6.90. The second kappa shape index (κ2) is 7.43. The fourth-order valence-corrected chi connectivity index (χ4v) is 2.10. The summed E-state index contributed by atoms with van der Waals surface area (Å²) in [6.07, 6.45) is 2.57. The second-order valence-corrected chi connectivity index (χ2v) is 5.14. The van der Waals surface area contributed by atoms with Crippen molar-refractivity contribution in [3.05, 3.63) is 46.8 Å². The normalized spacial score (nSPS) is 10.9. The van der Waals surface area contributed by atoms with Gasteiger partial charge in [-0.15, -0.1) is 0 Å². The number of hydrogen-bond acceptors (Lipinski definition) is 3. The highest BCUT2D eigenvalue weighted by Crippen LogP contribution is 2.24. The van der Waals surface area contributed by atoms with E-state index in [1.54, 1.807) is 23.9 Å². The Balaban J connectivity index is 2.09. The van der Waals surface area contributed by atoms with Crippen molar-refractivity contribution in [1.29, 1.82) is 0 Å². The fraction of sp³-hybridized carbons (Fsp3) is 0.400. The Morgan fingerprint density at radius 3 is 2.90 bits per heavy atom. The lowest BCUT2D eigenvalue weighted by Gasteiger charge is -2.13. The van der Waals surface area contributed by atoms with E-state index in [2.05, 4.69) is 17.2 Å². The predicted molar refractivity (Wildman–Crippen MR) is 80.9 cm³/mol. The highest BCUT2D eigenvalue weighted by Gasteiger charge is 2.12. The van der Waals surface area contributed by atoms with Crippen molar-refractivity contribution in [2.45, 2.75) is 26.5 Å². The summed E-state index contributed by atoms with van der Waals surface area (Å²) in [7, 11) is 1.79. The average molecular weight is 312 g/mol. The van der Waals surface area contributed by atoms with Gasteiger partial charge in [0.25, 0.3) is 0 Å². The molecule has 0 atom stereocenters. The standard InChI is InChI=1S/C15H19ClFN3O/c1-3-7-18-8-11-5-4-6-12(17)15(11)21-10-14-19-9-13(16)20(14)2/h4-6,9,18H,3,7-8,10H2,1-2H3. The summed E-state index contributed by atoms with van der Waals surface area (Å²) < 4.78 is 21.3. The lowest BCUT2D eigenvalue weighted by Crippen LogP contribution is -2.15. The lowest BCUT2D eigenvalue weighted by molar-refractivity contribution is 0.273. The molecule has 1 heterocycles. The van der Waals surface area contributed by atoms with Crippen molar-refractivity contribution < 1.29 is 9.13 Å². The van der Waals surface area contributed by atoms with Gasteiger partial charge in [-0.3, -0.25) is 0 Å². The first-order chi connectivity index (χ1) is 10.1. The lowest BCUT2D eigenvalue weighted by atomic mass is 10.2. The Labute approximate surface area is 128 Å². The van der Waals surface area contributed by atoms with Crippen LogP contribution in [0.25, 0.3) is 0 Å². The Morgan fingerprint density at radius 1 is 1.43 bits per heavy atom. The van der Waals surface area contributed by atoms with Crippen molar-refractivity contribution in [1.82, 2.24) is 14.9 Å². The number of nitrogens with zero attached hydrogens (tertiary/aromatic N) is 2. The zero-order chi connectivity index (χ0) is 15.2. The van der Waals surface area contributed by atoms with E-state index in [1.807, 2.05) is 6.07 Å². The molecule has 0 saturated heterocycles. The molecule has 0 unspecified atom stereocenters. The number of halogens is 2. The molecule has 1 aromatic heterocycles. The van der Waals surface area contributed by atoms with Gasteiger partial charge in [-0.2, -0.15) is 0 Å². The summed E-state index contributed by atoms with van der Waals surface area (Å²) >= 11 is 5.92. The monoisotopic (exact) mass is 311 g/mol. The van der Waals surface area contributed by atoms with Gasteiger partial charge in [-0.25, -0.2) is 9.37 Å².